The quantitative estimate of drug-likeness (QED) is 0.649. The van der Waals surface area contributed by atoms with Crippen LogP contribution in [-0.4, -0.2) is 44.2 Å². The fraction of sp³-hybridized carbons (Fsp3) is 0.522. The van der Waals surface area contributed by atoms with Crippen molar-refractivity contribution < 1.29 is 19.4 Å². The first-order valence-corrected chi connectivity index (χ1v) is 9.66. The first-order chi connectivity index (χ1) is 13.2. The molecule has 1 amide bonds. The number of hydrogen-bond donors (Lipinski definition) is 2. The predicted molar refractivity (Wildman–Crippen MR) is 113 cm³/mol. The van der Waals surface area contributed by atoms with E-state index in [-0.39, 0.29) is 5.41 Å². The van der Waals surface area contributed by atoms with Crippen LogP contribution in [0.15, 0.2) is 30.4 Å². The van der Waals surface area contributed by atoms with E-state index in [9.17, 15) is 9.90 Å². The first-order valence-electron chi connectivity index (χ1n) is 9.66. The molecule has 0 spiro atoms. The van der Waals surface area contributed by atoms with Crippen LogP contribution in [0.3, 0.4) is 0 Å². The highest BCUT2D eigenvalue weighted by molar-refractivity contribution is 5.67. The van der Waals surface area contributed by atoms with Gasteiger partial charge >= 0.3 is 6.09 Å². The fourth-order valence-corrected chi connectivity index (χ4v) is 4.00. The van der Waals surface area contributed by atoms with E-state index in [0.717, 1.165) is 23.1 Å². The van der Waals surface area contributed by atoms with Crippen LogP contribution in [0.1, 0.15) is 43.9 Å². The standard InChI is InChI=1S/C23H33NO4/c1-22(2,3)20-16-23(20,24-21(25)26)15-19-13-17(8-6-10-27-4)12-18(14-19)9-7-11-28-5/h6-9,12-14,20,24H,10-11,15-16H2,1-5H3,(H,25,26). The Kier molecular flexibility index (Phi) is 7.44. The molecule has 5 nitrogen and oxygen atoms in total. The minimum absolute atomic E-state index is 0.0552. The maximum atomic E-state index is 11.4. The molecule has 1 aliphatic carbocycles. The molecule has 0 bridgehead atoms. The summed E-state index contributed by atoms with van der Waals surface area (Å²) in [6.45, 7) is 7.62. The average Bonchev–Trinajstić information content (AvgIpc) is 3.28. The van der Waals surface area contributed by atoms with E-state index in [1.807, 2.05) is 24.3 Å². The second-order valence-corrected chi connectivity index (χ2v) is 8.61. The highest BCUT2D eigenvalue weighted by Crippen LogP contribution is 2.55. The van der Waals surface area contributed by atoms with Crippen molar-refractivity contribution in [1.82, 2.24) is 5.32 Å². The van der Waals surface area contributed by atoms with Crippen LogP contribution in [0.4, 0.5) is 4.79 Å². The molecule has 28 heavy (non-hydrogen) atoms. The summed E-state index contributed by atoms with van der Waals surface area (Å²) >= 11 is 0. The Morgan fingerprint density at radius 1 is 1.14 bits per heavy atom. The number of ether oxygens (including phenoxy) is 2. The molecule has 2 unspecified atom stereocenters. The Morgan fingerprint density at radius 3 is 2.07 bits per heavy atom. The number of nitrogens with one attached hydrogen (secondary N) is 1. The van der Waals surface area contributed by atoms with Gasteiger partial charge in [-0.25, -0.2) is 4.79 Å². The monoisotopic (exact) mass is 387 g/mol. The van der Waals surface area contributed by atoms with Crippen LogP contribution in [0.5, 0.6) is 0 Å². The molecular weight excluding hydrogens is 354 g/mol. The Balaban J connectivity index is 2.32. The van der Waals surface area contributed by atoms with Gasteiger partial charge in [-0.15, -0.1) is 0 Å². The first kappa shape index (κ1) is 22.2. The van der Waals surface area contributed by atoms with Gasteiger partial charge in [-0.05, 0) is 46.9 Å². The molecule has 0 saturated heterocycles. The van der Waals surface area contributed by atoms with Crippen molar-refractivity contribution in [2.75, 3.05) is 27.4 Å². The van der Waals surface area contributed by atoms with Crippen LogP contribution in [0.25, 0.3) is 12.2 Å². The van der Waals surface area contributed by atoms with Gasteiger partial charge in [0.05, 0.1) is 18.8 Å². The van der Waals surface area contributed by atoms with Gasteiger partial charge < -0.3 is 19.9 Å². The van der Waals surface area contributed by atoms with Crippen molar-refractivity contribution in [2.45, 2.75) is 39.2 Å². The molecule has 5 heteroatoms. The molecule has 0 radical (unpaired) electrons. The van der Waals surface area contributed by atoms with Crippen LogP contribution in [0, 0.1) is 11.3 Å². The summed E-state index contributed by atoms with van der Waals surface area (Å²) in [4.78, 5) is 11.4. The predicted octanol–water partition coefficient (Wildman–Crippen LogP) is 4.62. The molecule has 2 rings (SSSR count). The molecule has 2 atom stereocenters. The third kappa shape index (κ3) is 6.21. The lowest BCUT2D eigenvalue weighted by Gasteiger charge is -2.25. The summed E-state index contributed by atoms with van der Waals surface area (Å²) in [6, 6.07) is 6.36. The molecule has 1 saturated carbocycles. The van der Waals surface area contributed by atoms with Gasteiger partial charge in [-0.2, -0.15) is 0 Å². The van der Waals surface area contributed by atoms with Gasteiger partial charge in [0.2, 0.25) is 0 Å². The number of methoxy groups -OCH3 is 2. The highest BCUT2D eigenvalue weighted by atomic mass is 16.5. The fourth-order valence-electron chi connectivity index (χ4n) is 4.00. The number of rotatable bonds is 9. The minimum Gasteiger partial charge on any atom is -0.465 e. The molecule has 2 N–H and O–H groups in total. The van der Waals surface area contributed by atoms with Gasteiger partial charge in [0.25, 0.3) is 0 Å². The molecule has 1 fully saturated rings. The summed E-state index contributed by atoms with van der Waals surface area (Å²) in [5.41, 5.74) is 2.93. The lowest BCUT2D eigenvalue weighted by Crippen LogP contribution is -2.41. The van der Waals surface area contributed by atoms with Crippen LogP contribution >= 0.6 is 0 Å². The lowest BCUT2D eigenvalue weighted by atomic mass is 9.85. The number of carbonyl (C=O) groups is 1. The van der Waals surface area contributed by atoms with Gasteiger partial charge in [-0.3, -0.25) is 0 Å². The molecule has 0 heterocycles. The lowest BCUT2D eigenvalue weighted by molar-refractivity contribution is 0.182. The van der Waals surface area contributed by atoms with Gasteiger partial charge in [0, 0.05) is 14.2 Å². The topological polar surface area (TPSA) is 67.8 Å². The third-order valence-corrected chi connectivity index (χ3v) is 5.18. The largest absolute Gasteiger partial charge is 0.465 e. The molecule has 1 aliphatic rings. The van der Waals surface area contributed by atoms with E-state index in [0.29, 0.717) is 25.6 Å². The minimum atomic E-state index is -0.955. The smallest absolute Gasteiger partial charge is 0.405 e. The zero-order valence-corrected chi connectivity index (χ0v) is 17.6. The molecule has 0 aliphatic heterocycles. The van der Waals surface area contributed by atoms with Crippen molar-refractivity contribution in [3.8, 4) is 0 Å². The van der Waals surface area contributed by atoms with E-state index in [1.165, 1.54) is 0 Å². The summed E-state index contributed by atoms with van der Waals surface area (Å²) in [6.07, 6.45) is 8.60. The van der Waals surface area contributed by atoms with E-state index in [2.05, 4.69) is 44.3 Å². The van der Waals surface area contributed by atoms with Crippen LogP contribution in [-0.2, 0) is 15.9 Å². The van der Waals surface area contributed by atoms with Crippen molar-refractivity contribution in [2.24, 2.45) is 11.3 Å². The van der Waals surface area contributed by atoms with E-state index in [4.69, 9.17) is 9.47 Å². The number of amides is 1. The summed E-state index contributed by atoms with van der Waals surface area (Å²) in [5, 5.41) is 12.2. The average molecular weight is 388 g/mol. The number of hydrogen-bond acceptors (Lipinski definition) is 3. The zero-order valence-electron chi connectivity index (χ0n) is 17.6. The summed E-state index contributed by atoms with van der Waals surface area (Å²) < 4.78 is 10.2. The van der Waals surface area contributed by atoms with Crippen LogP contribution < -0.4 is 5.32 Å². The maximum Gasteiger partial charge on any atom is 0.405 e. The Bertz CT molecular complexity index is 698. The maximum absolute atomic E-state index is 11.4. The summed E-state index contributed by atoms with van der Waals surface area (Å²) in [7, 11) is 3.33. The van der Waals surface area contributed by atoms with Crippen molar-refractivity contribution in [3.05, 3.63) is 47.0 Å². The van der Waals surface area contributed by atoms with Crippen molar-refractivity contribution >= 4 is 18.2 Å². The SMILES string of the molecule is COCC=Cc1cc(C=CCOC)cc(CC2(NC(=O)O)CC2C(C)(C)C)c1. The van der Waals surface area contributed by atoms with E-state index >= 15 is 0 Å². The van der Waals surface area contributed by atoms with Crippen molar-refractivity contribution in [1.29, 1.82) is 0 Å². The third-order valence-electron chi connectivity index (χ3n) is 5.18. The normalized spacial score (nSPS) is 22.1. The molecule has 0 aromatic heterocycles. The van der Waals surface area contributed by atoms with Gasteiger partial charge in [-0.1, -0.05) is 57.2 Å². The van der Waals surface area contributed by atoms with E-state index < -0.39 is 11.6 Å². The van der Waals surface area contributed by atoms with Gasteiger partial charge in [0.1, 0.15) is 0 Å². The Hall–Kier alpha value is -2.11. The highest BCUT2D eigenvalue weighted by Gasteiger charge is 2.59. The summed E-state index contributed by atoms with van der Waals surface area (Å²) in [5.74, 6) is 0.316. The Morgan fingerprint density at radius 2 is 1.68 bits per heavy atom. The number of carboxylic acid groups (broad SMARTS) is 1. The zero-order chi connectivity index (χ0) is 20.8. The molecule has 1 aromatic carbocycles. The van der Waals surface area contributed by atoms with Crippen molar-refractivity contribution in [3.63, 3.8) is 0 Å². The number of benzene rings is 1. The Labute approximate surface area is 168 Å². The second-order valence-electron chi connectivity index (χ2n) is 8.61. The molecule has 154 valence electrons. The van der Waals surface area contributed by atoms with E-state index in [1.54, 1.807) is 14.2 Å². The molecule has 1 aromatic rings. The van der Waals surface area contributed by atoms with Crippen LogP contribution in [0.2, 0.25) is 0 Å². The molecular formula is C23H33NO4. The second kappa shape index (κ2) is 9.39. The van der Waals surface area contributed by atoms with Gasteiger partial charge in [0.15, 0.2) is 0 Å².